The van der Waals surface area contributed by atoms with Gasteiger partial charge >= 0.3 is 0 Å². The fourth-order valence-corrected chi connectivity index (χ4v) is 6.63. The fraction of sp³-hybridized carbons (Fsp3) is 0.632. The third kappa shape index (κ3) is 1.91. The molecule has 0 amide bonds. The lowest BCUT2D eigenvalue weighted by Gasteiger charge is -2.64. The molecule has 4 fully saturated rings. The maximum Gasteiger partial charge on any atom is 0.171 e. The van der Waals surface area contributed by atoms with E-state index in [9.17, 15) is 9.18 Å². The average molecular weight is 286 g/mol. The van der Waals surface area contributed by atoms with E-state index in [2.05, 4.69) is 13.8 Å². The van der Waals surface area contributed by atoms with E-state index >= 15 is 0 Å². The van der Waals surface area contributed by atoms with Crippen LogP contribution in [-0.2, 0) is 0 Å². The van der Waals surface area contributed by atoms with Crippen molar-refractivity contribution in [1.29, 1.82) is 0 Å². The summed E-state index contributed by atoms with van der Waals surface area (Å²) in [5.74, 6) is 0.377. The maximum atomic E-state index is 14.1. The zero-order valence-corrected chi connectivity index (χ0v) is 12.9. The van der Waals surface area contributed by atoms with Crippen LogP contribution in [0.2, 0.25) is 0 Å². The number of rotatable bonds is 2. The summed E-state index contributed by atoms with van der Waals surface area (Å²) in [5.41, 5.74) is 0.585. The Morgan fingerprint density at radius 1 is 1.05 bits per heavy atom. The van der Waals surface area contributed by atoms with E-state index < -0.39 is 0 Å². The monoisotopic (exact) mass is 286 g/mol. The first-order valence-electron chi connectivity index (χ1n) is 8.13. The molecule has 0 radical (unpaired) electrons. The molecule has 112 valence electrons. The first kappa shape index (κ1) is 13.5. The van der Waals surface area contributed by atoms with Crippen LogP contribution in [0.3, 0.4) is 0 Å². The van der Waals surface area contributed by atoms with E-state index in [1.165, 1.54) is 25.3 Å². The average Bonchev–Trinajstić information content (AvgIpc) is 2.34. The van der Waals surface area contributed by atoms with Crippen LogP contribution in [0.1, 0.15) is 62.7 Å². The molecule has 4 bridgehead atoms. The van der Waals surface area contributed by atoms with Gasteiger partial charge in [-0.15, -0.1) is 0 Å². The minimum Gasteiger partial charge on any atom is -0.293 e. The van der Waals surface area contributed by atoms with Gasteiger partial charge in [-0.05, 0) is 67.4 Å². The molecule has 1 aromatic rings. The van der Waals surface area contributed by atoms with Crippen molar-refractivity contribution in [3.8, 4) is 0 Å². The van der Waals surface area contributed by atoms with Gasteiger partial charge in [0.2, 0.25) is 0 Å². The first-order chi connectivity index (χ1) is 9.83. The van der Waals surface area contributed by atoms with Crippen molar-refractivity contribution >= 4 is 5.78 Å². The highest BCUT2D eigenvalue weighted by Gasteiger charge is 2.62. The molecule has 2 unspecified atom stereocenters. The Kier molecular flexibility index (Phi) is 2.55. The second-order valence-corrected chi connectivity index (χ2v) is 8.72. The van der Waals surface area contributed by atoms with E-state index in [-0.39, 0.29) is 27.8 Å². The summed E-state index contributed by atoms with van der Waals surface area (Å²) in [7, 11) is 0. The van der Waals surface area contributed by atoms with E-state index in [1.807, 2.05) is 0 Å². The number of halogens is 1. The predicted octanol–water partition coefficient (Wildman–Crippen LogP) is 5.01. The molecule has 1 nitrogen and oxygen atoms in total. The molecule has 2 heteroatoms. The molecule has 4 aliphatic carbocycles. The lowest BCUT2D eigenvalue weighted by atomic mass is 9.39. The van der Waals surface area contributed by atoms with Gasteiger partial charge < -0.3 is 0 Å². The van der Waals surface area contributed by atoms with E-state index in [4.69, 9.17) is 0 Å². The number of carbonyl (C=O) groups is 1. The van der Waals surface area contributed by atoms with Crippen molar-refractivity contribution in [1.82, 2.24) is 0 Å². The molecule has 0 spiro atoms. The second-order valence-electron chi connectivity index (χ2n) is 8.72. The lowest BCUT2D eigenvalue weighted by Crippen LogP contribution is -2.57. The number of hydrogen-bond donors (Lipinski definition) is 0. The lowest BCUT2D eigenvalue weighted by molar-refractivity contribution is -0.125. The fourth-order valence-electron chi connectivity index (χ4n) is 6.63. The number of Topliss-reactive ketones (excluding diaryl/α,β-unsaturated/α-hetero) is 1. The highest BCUT2D eigenvalue weighted by Crippen LogP contribution is 2.70. The van der Waals surface area contributed by atoms with Crippen LogP contribution in [-0.4, -0.2) is 5.78 Å². The van der Waals surface area contributed by atoms with Gasteiger partial charge in [0, 0.05) is 5.41 Å². The highest BCUT2D eigenvalue weighted by atomic mass is 19.1. The van der Waals surface area contributed by atoms with Crippen LogP contribution in [0.5, 0.6) is 0 Å². The van der Waals surface area contributed by atoms with Crippen molar-refractivity contribution in [3.63, 3.8) is 0 Å². The van der Waals surface area contributed by atoms with Crippen LogP contribution in [0, 0.1) is 28.0 Å². The Labute approximate surface area is 125 Å². The van der Waals surface area contributed by atoms with Crippen LogP contribution in [0.15, 0.2) is 24.3 Å². The molecule has 0 aromatic heterocycles. The molecule has 0 heterocycles. The molecule has 5 rings (SSSR count). The summed E-state index contributed by atoms with van der Waals surface area (Å²) in [4.78, 5) is 13.2. The molecule has 0 N–H and O–H groups in total. The highest BCUT2D eigenvalue weighted by molar-refractivity contribution is 6.01. The van der Waals surface area contributed by atoms with Crippen molar-refractivity contribution < 1.29 is 9.18 Å². The summed E-state index contributed by atoms with van der Waals surface area (Å²) in [6.45, 7) is 4.69. The van der Waals surface area contributed by atoms with Crippen LogP contribution in [0.25, 0.3) is 0 Å². The zero-order valence-electron chi connectivity index (χ0n) is 12.9. The van der Waals surface area contributed by atoms with E-state index in [0.29, 0.717) is 11.5 Å². The molecule has 4 aliphatic rings. The van der Waals surface area contributed by atoms with Gasteiger partial charge in [0.25, 0.3) is 0 Å². The SMILES string of the molecule is CC12CC3CC(C)(C1)CC(C(=O)c1ccccc1F)(C3)C2. The summed E-state index contributed by atoms with van der Waals surface area (Å²) >= 11 is 0. The smallest absolute Gasteiger partial charge is 0.171 e. The second kappa shape index (κ2) is 3.97. The predicted molar refractivity (Wildman–Crippen MR) is 80.6 cm³/mol. The van der Waals surface area contributed by atoms with Gasteiger partial charge in [-0.3, -0.25) is 4.79 Å². The minimum atomic E-state index is -0.353. The van der Waals surface area contributed by atoms with Gasteiger partial charge in [0.1, 0.15) is 5.82 Å². The molecular formula is C19H23FO. The normalized spacial score (nSPS) is 44.0. The van der Waals surface area contributed by atoms with Gasteiger partial charge in [-0.1, -0.05) is 26.0 Å². The third-order valence-electron chi connectivity index (χ3n) is 6.23. The Bertz CT molecular complexity index is 602. The quantitative estimate of drug-likeness (QED) is 0.699. The standard InChI is InChI=1S/C19H23FO/c1-17-7-13-8-18(2,10-17)12-19(9-13,11-17)16(21)14-5-3-4-6-15(14)20/h3-6,13H,7-12H2,1-2H3. The third-order valence-corrected chi connectivity index (χ3v) is 6.23. The zero-order chi connectivity index (χ0) is 14.9. The van der Waals surface area contributed by atoms with Crippen LogP contribution >= 0.6 is 0 Å². The maximum absolute atomic E-state index is 14.1. The van der Waals surface area contributed by atoms with Gasteiger partial charge in [0.05, 0.1) is 5.56 Å². The van der Waals surface area contributed by atoms with E-state index in [0.717, 1.165) is 19.3 Å². The Balaban J connectivity index is 1.78. The van der Waals surface area contributed by atoms with Gasteiger partial charge in [-0.25, -0.2) is 4.39 Å². The molecule has 0 aliphatic heterocycles. The summed E-state index contributed by atoms with van der Waals surface area (Å²) in [6.07, 6.45) is 6.65. The van der Waals surface area contributed by atoms with Gasteiger partial charge in [-0.2, -0.15) is 0 Å². The number of carbonyl (C=O) groups excluding carboxylic acids is 1. The minimum absolute atomic E-state index is 0.0714. The molecule has 1 aromatic carbocycles. The topological polar surface area (TPSA) is 17.1 Å². The van der Waals surface area contributed by atoms with Crippen molar-refractivity contribution in [3.05, 3.63) is 35.6 Å². The molecular weight excluding hydrogens is 263 g/mol. The number of ketones is 1. The van der Waals surface area contributed by atoms with Gasteiger partial charge in [0.15, 0.2) is 5.78 Å². The number of hydrogen-bond acceptors (Lipinski definition) is 1. The van der Waals surface area contributed by atoms with Crippen LogP contribution in [0.4, 0.5) is 4.39 Å². The van der Waals surface area contributed by atoms with E-state index in [1.54, 1.807) is 18.2 Å². The van der Waals surface area contributed by atoms with Crippen molar-refractivity contribution in [2.75, 3.05) is 0 Å². The van der Waals surface area contributed by atoms with Crippen molar-refractivity contribution in [2.24, 2.45) is 22.2 Å². The molecule has 2 atom stereocenters. The first-order valence-corrected chi connectivity index (χ1v) is 8.13. The summed E-state index contributed by atoms with van der Waals surface area (Å²) in [5, 5.41) is 0. The Hall–Kier alpha value is -1.18. The largest absolute Gasteiger partial charge is 0.293 e. The Morgan fingerprint density at radius 3 is 2.24 bits per heavy atom. The molecule has 0 saturated heterocycles. The molecule has 4 saturated carbocycles. The molecule has 21 heavy (non-hydrogen) atoms. The Morgan fingerprint density at radius 2 is 1.67 bits per heavy atom. The van der Waals surface area contributed by atoms with Crippen LogP contribution < -0.4 is 0 Å². The van der Waals surface area contributed by atoms with Crippen molar-refractivity contribution in [2.45, 2.75) is 52.4 Å². The number of benzene rings is 1. The summed E-state index contributed by atoms with van der Waals surface area (Å²) < 4.78 is 14.1. The summed E-state index contributed by atoms with van der Waals surface area (Å²) in [6, 6.07) is 6.52.